The molecule has 4 nitrogen and oxygen atoms in total. The number of hydrogen-bond acceptors (Lipinski definition) is 3. The number of amidine groups is 1. The van der Waals surface area contributed by atoms with Crippen LogP contribution in [0, 0.1) is 10.8 Å². The quantitative estimate of drug-likeness (QED) is 0.543. The van der Waals surface area contributed by atoms with Crippen LogP contribution in [0.5, 0.6) is 0 Å². The molecule has 0 amide bonds. The van der Waals surface area contributed by atoms with Crippen molar-refractivity contribution in [3.05, 3.63) is 0 Å². The van der Waals surface area contributed by atoms with E-state index in [1.165, 1.54) is 0 Å². The Balaban J connectivity index is 2.31. The number of rotatable bonds is 4. The van der Waals surface area contributed by atoms with Crippen LogP contribution in [0.1, 0.15) is 20.3 Å². The third-order valence-electron chi connectivity index (χ3n) is 3.05. The number of hydrogen-bond donors (Lipinski definition) is 2. The van der Waals surface area contributed by atoms with Gasteiger partial charge in [-0.25, -0.2) is 0 Å². The molecule has 0 aliphatic carbocycles. The van der Waals surface area contributed by atoms with Gasteiger partial charge in [0.05, 0.1) is 5.84 Å². The highest BCUT2D eigenvalue weighted by molar-refractivity contribution is 7.85. The van der Waals surface area contributed by atoms with Crippen molar-refractivity contribution in [3.8, 4) is 0 Å². The molecule has 1 aliphatic heterocycles. The van der Waals surface area contributed by atoms with Gasteiger partial charge < -0.3 is 10.6 Å². The van der Waals surface area contributed by atoms with Crippen molar-refractivity contribution in [2.24, 2.45) is 11.1 Å². The van der Waals surface area contributed by atoms with Crippen molar-refractivity contribution in [1.29, 1.82) is 5.41 Å². The largest absolute Gasteiger partial charge is 0.387 e. The lowest BCUT2D eigenvalue weighted by atomic mass is 9.88. The molecule has 0 aromatic heterocycles. The van der Waals surface area contributed by atoms with Crippen molar-refractivity contribution in [1.82, 2.24) is 4.90 Å². The lowest BCUT2D eigenvalue weighted by Gasteiger charge is -2.30. The normalized spacial score (nSPS) is 20.4. The molecule has 1 saturated heterocycles. The lowest BCUT2D eigenvalue weighted by Crippen LogP contribution is -2.41. The van der Waals surface area contributed by atoms with Gasteiger partial charge in [0, 0.05) is 40.8 Å². The van der Waals surface area contributed by atoms with E-state index < -0.39 is 10.8 Å². The highest BCUT2D eigenvalue weighted by Gasteiger charge is 2.23. The molecule has 0 aromatic carbocycles. The van der Waals surface area contributed by atoms with Crippen molar-refractivity contribution < 1.29 is 4.21 Å². The van der Waals surface area contributed by atoms with Crippen LogP contribution in [0.4, 0.5) is 0 Å². The first kappa shape index (κ1) is 12.6. The van der Waals surface area contributed by atoms with Gasteiger partial charge in [0.2, 0.25) is 0 Å². The molecule has 0 saturated carbocycles. The Bertz CT molecular complexity index is 255. The molecule has 0 aromatic rings. The molecule has 1 rings (SSSR count). The first-order chi connectivity index (χ1) is 6.92. The average molecular weight is 231 g/mol. The van der Waals surface area contributed by atoms with Gasteiger partial charge in [-0.15, -0.1) is 0 Å². The van der Waals surface area contributed by atoms with Gasteiger partial charge in [0.1, 0.15) is 0 Å². The highest BCUT2D eigenvalue weighted by Crippen LogP contribution is 2.20. The van der Waals surface area contributed by atoms with Crippen LogP contribution >= 0.6 is 0 Å². The smallest absolute Gasteiger partial charge is 0.0963 e. The Labute approximate surface area is 94.2 Å². The second-order valence-electron chi connectivity index (χ2n) is 4.74. The van der Waals surface area contributed by atoms with Gasteiger partial charge in [-0.05, 0) is 13.0 Å². The number of nitrogens with zero attached hydrogens (tertiary/aromatic N) is 1. The van der Waals surface area contributed by atoms with Crippen LogP contribution in [-0.2, 0) is 10.8 Å². The van der Waals surface area contributed by atoms with Crippen LogP contribution < -0.4 is 5.73 Å². The molecular weight excluding hydrogens is 210 g/mol. The zero-order valence-corrected chi connectivity index (χ0v) is 10.4. The second kappa shape index (κ2) is 5.07. The fraction of sp³-hybridized carbons (Fsp3) is 0.900. The Hall–Kier alpha value is -0.420. The van der Waals surface area contributed by atoms with Gasteiger partial charge in [0.15, 0.2) is 0 Å². The Morgan fingerprint density at radius 2 is 2.00 bits per heavy atom. The van der Waals surface area contributed by atoms with E-state index in [1.54, 1.807) is 0 Å². The predicted octanol–water partition coefficient (Wildman–Crippen LogP) is 0.403. The third kappa shape index (κ3) is 3.91. The third-order valence-corrected chi connectivity index (χ3v) is 4.33. The Morgan fingerprint density at radius 1 is 1.47 bits per heavy atom. The number of nitrogens with two attached hydrogens (primary N) is 1. The van der Waals surface area contributed by atoms with E-state index in [4.69, 9.17) is 11.1 Å². The monoisotopic (exact) mass is 231 g/mol. The minimum Gasteiger partial charge on any atom is -0.387 e. The van der Waals surface area contributed by atoms with Crippen molar-refractivity contribution in [3.63, 3.8) is 0 Å². The van der Waals surface area contributed by atoms with Gasteiger partial charge in [-0.3, -0.25) is 9.62 Å². The van der Waals surface area contributed by atoms with Crippen LogP contribution in [-0.4, -0.2) is 46.1 Å². The molecule has 88 valence electrons. The van der Waals surface area contributed by atoms with Gasteiger partial charge in [-0.2, -0.15) is 0 Å². The average Bonchev–Trinajstić information content (AvgIpc) is 2.17. The SMILES string of the molecule is CC(C)(CCN1CCS(=O)CC1)C(=N)N. The van der Waals surface area contributed by atoms with Gasteiger partial charge in [0.25, 0.3) is 0 Å². The summed E-state index contributed by atoms with van der Waals surface area (Å²) >= 11 is 0. The molecule has 3 N–H and O–H groups in total. The summed E-state index contributed by atoms with van der Waals surface area (Å²) in [6.45, 7) is 6.78. The second-order valence-corrected chi connectivity index (χ2v) is 6.43. The summed E-state index contributed by atoms with van der Waals surface area (Å²) in [4.78, 5) is 2.31. The Kier molecular flexibility index (Phi) is 4.28. The van der Waals surface area contributed by atoms with Crippen LogP contribution in [0.3, 0.4) is 0 Å². The molecule has 5 heteroatoms. The predicted molar refractivity (Wildman–Crippen MR) is 64.6 cm³/mol. The number of nitrogens with one attached hydrogen (secondary N) is 1. The van der Waals surface area contributed by atoms with Crippen LogP contribution in [0.2, 0.25) is 0 Å². The molecule has 0 bridgehead atoms. The fourth-order valence-corrected chi connectivity index (χ4v) is 2.60. The zero-order valence-electron chi connectivity index (χ0n) is 9.58. The summed E-state index contributed by atoms with van der Waals surface area (Å²) < 4.78 is 11.1. The molecular formula is C10H21N3OS. The maximum atomic E-state index is 11.1. The van der Waals surface area contributed by atoms with E-state index in [1.807, 2.05) is 13.8 Å². The van der Waals surface area contributed by atoms with E-state index in [0.29, 0.717) is 0 Å². The minimum absolute atomic E-state index is 0.212. The summed E-state index contributed by atoms with van der Waals surface area (Å²) in [5.41, 5.74) is 5.31. The van der Waals surface area contributed by atoms with E-state index in [9.17, 15) is 4.21 Å². The zero-order chi connectivity index (χ0) is 11.5. The van der Waals surface area contributed by atoms with Crippen LogP contribution in [0.15, 0.2) is 0 Å². The van der Waals surface area contributed by atoms with E-state index >= 15 is 0 Å². The summed E-state index contributed by atoms with van der Waals surface area (Å²) in [7, 11) is -0.603. The molecule has 1 aliphatic rings. The Morgan fingerprint density at radius 3 is 2.47 bits per heavy atom. The van der Waals surface area contributed by atoms with E-state index in [2.05, 4.69) is 4.90 Å². The summed E-state index contributed by atoms with van der Waals surface area (Å²) in [5, 5.41) is 7.46. The summed E-state index contributed by atoms with van der Waals surface area (Å²) in [6, 6.07) is 0. The molecule has 0 spiro atoms. The van der Waals surface area contributed by atoms with Crippen molar-refractivity contribution in [2.45, 2.75) is 20.3 Å². The van der Waals surface area contributed by atoms with Crippen LogP contribution in [0.25, 0.3) is 0 Å². The molecule has 15 heavy (non-hydrogen) atoms. The molecule has 0 unspecified atom stereocenters. The van der Waals surface area contributed by atoms with Gasteiger partial charge in [-0.1, -0.05) is 13.8 Å². The van der Waals surface area contributed by atoms with Gasteiger partial charge >= 0.3 is 0 Å². The lowest BCUT2D eigenvalue weighted by molar-refractivity contribution is 0.264. The summed E-state index contributed by atoms with van der Waals surface area (Å²) in [5.74, 6) is 1.84. The minimum atomic E-state index is -0.603. The maximum Gasteiger partial charge on any atom is 0.0963 e. The molecule has 1 fully saturated rings. The van der Waals surface area contributed by atoms with Crippen molar-refractivity contribution >= 4 is 16.6 Å². The fourth-order valence-electron chi connectivity index (χ4n) is 1.47. The first-order valence-corrected chi connectivity index (χ1v) is 6.82. The maximum absolute atomic E-state index is 11.1. The molecule has 1 heterocycles. The molecule has 0 atom stereocenters. The highest BCUT2D eigenvalue weighted by atomic mass is 32.2. The van der Waals surface area contributed by atoms with Crippen molar-refractivity contribution in [2.75, 3.05) is 31.1 Å². The van der Waals surface area contributed by atoms with E-state index in [-0.39, 0.29) is 11.3 Å². The topological polar surface area (TPSA) is 70.2 Å². The first-order valence-electron chi connectivity index (χ1n) is 5.33. The standard InChI is InChI=1S/C10H21N3OS/c1-10(2,9(11)12)3-4-13-5-7-15(14)8-6-13/h3-8H2,1-2H3,(H3,11,12). The molecule has 0 radical (unpaired) electrons. The van der Waals surface area contributed by atoms with E-state index in [0.717, 1.165) is 37.6 Å². The summed E-state index contributed by atoms with van der Waals surface area (Å²) in [6.07, 6.45) is 0.898.